The smallest absolute Gasteiger partial charge is 0.138 e. The van der Waals surface area contributed by atoms with E-state index in [0.717, 1.165) is 10.6 Å². The van der Waals surface area contributed by atoms with E-state index >= 15 is 0 Å². The average Bonchev–Trinajstić information content (AvgIpc) is 2.04. The Morgan fingerprint density at radius 3 is 2.82 bits per heavy atom. The molecular formula is C6H8ClN3S. The monoisotopic (exact) mass is 189 g/mol. The van der Waals surface area contributed by atoms with E-state index in [1.54, 1.807) is 0 Å². The summed E-state index contributed by atoms with van der Waals surface area (Å²) in [6.07, 6.45) is 3.37. The number of nitrogens with two attached hydrogens (primary N) is 1. The number of rotatable bonds is 2. The van der Waals surface area contributed by atoms with Crippen LogP contribution in [0.4, 0.5) is 0 Å². The van der Waals surface area contributed by atoms with Gasteiger partial charge in [0, 0.05) is 12.1 Å². The minimum Gasteiger partial charge on any atom is -0.326 e. The van der Waals surface area contributed by atoms with Gasteiger partial charge < -0.3 is 5.73 Å². The first-order chi connectivity index (χ1) is 5.29. The van der Waals surface area contributed by atoms with Gasteiger partial charge in [-0.3, -0.25) is 0 Å². The lowest BCUT2D eigenvalue weighted by atomic mass is 10.3. The molecule has 60 valence electrons. The molecule has 5 heteroatoms. The van der Waals surface area contributed by atoms with E-state index in [-0.39, 0.29) is 0 Å². The first-order valence-electron chi connectivity index (χ1n) is 3.03. The standard InChI is InChI=1S/C6H8ClN3S/c1-11-6-4(2-8)5(7)9-3-10-6/h3H,2,8H2,1H3. The van der Waals surface area contributed by atoms with Crippen molar-refractivity contribution >= 4 is 23.4 Å². The van der Waals surface area contributed by atoms with Gasteiger partial charge in [-0.2, -0.15) is 0 Å². The van der Waals surface area contributed by atoms with Crippen molar-refractivity contribution in [1.29, 1.82) is 0 Å². The number of hydrogen-bond acceptors (Lipinski definition) is 4. The van der Waals surface area contributed by atoms with Crippen LogP contribution in [0.1, 0.15) is 5.56 Å². The normalized spacial score (nSPS) is 10.1. The van der Waals surface area contributed by atoms with Gasteiger partial charge in [-0.05, 0) is 6.26 Å². The molecular weight excluding hydrogens is 182 g/mol. The highest BCUT2D eigenvalue weighted by atomic mass is 35.5. The van der Waals surface area contributed by atoms with Crippen molar-refractivity contribution in [3.05, 3.63) is 17.0 Å². The molecule has 0 aromatic carbocycles. The maximum atomic E-state index is 5.76. The molecule has 0 radical (unpaired) electrons. The summed E-state index contributed by atoms with van der Waals surface area (Å²) in [7, 11) is 0. The molecule has 0 aliphatic rings. The fourth-order valence-corrected chi connectivity index (χ4v) is 1.57. The van der Waals surface area contributed by atoms with Gasteiger partial charge in [0.15, 0.2) is 0 Å². The van der Waals surface area contributed by atoms with E-state index < -0.39 is 0 Å². The van der Waals surface area contributed by atoms with Crippen LogP contribution in [-0.4, -0.2) is 16.2 Å². The number of hydrogen-bond donors (Lipinski definition) is 1. The maximum absolute atomic E-state index is 5.76. The first kappa shape index (κ1) is 8.77. The van der Waals surface area contributed by atoms with Crippen LogP contribution in [0.2, 0.25) is 5.15 Å². The zero-order chi connectivity index (χ0) is 8.27. The minimum atomic E-state index is 0.385. The third-order valence-electron chi connectivity index (χ3n) is 1.25. The van der Waals surface area contributed by atoms with Gasteiger partial charge in [0.25, 0.3) is 0 Å². The minimum absolute atomic E-state index is 0.385. The molecule has 0 unspecified atom stereocenters. The van der Waals surface area contributed by atoms with Gasteiger partial charge in [0.2, 0.25) is 0 Å². The van der Waals surface area contributed by atoms with Crippen LogP contribution < -0.4 is 5.73 Å². The van der Waals surface area contributed by atoms with E-state index in [1.807, 2.05) is 6.26 Å². The summed E-state index contributed by atoms with van der Waals surface area (Å²) in [5, 5.41) is 1.30. The van der Waals surface area contributed by atoms with Crippen molar-refractivity contribution in [3.8, 4) is 0 Å². The highest BCUT2D eigenvalue weighted by Gasteiger charge is 2.05. The second-order valence-electron chi connectivity index (χ2n) is 1.86. The molecule has 0 bridgehead atoms. The average molecular weight is 190 g/mol. The fraction of sp³-hybridized carbons (Fsp3) is 0.333. The first-order valence-corrected chi connectivity index (χ1v) is 4.63. The molecule has 11 heavy (non-hydrogen) atoms. The van der Waals surface area contributed by atoms with E-state index in [1.165, 1.54) is 18.1 Å². The third-order valence-corrected chi connectivity index (χ3v) is 2.31. The third kappa shape index (κ3) is 1.83. The Balaban J connectivity index is 3.13. The molecule has 0 aliphatic carbocycles. The van der Waals surface area contributed by atoms with Crippen molar-refractivity contribution in [3.63, 3.8) is 0 Å². The van der Waals surface area contributed by atoms with E-state index in [4.69, 9.17) is 17.3 Å². The molecule has 0 amide bonds. The lowest BCUT2D eigenvalue weighted by Crippen LogP contribution is -2.02. The van der Waals surface area contributed by atoms with Crippen LogP contribution in [-0.2, 0) is 6.54 Å². The second-order valence-corrected chi connectivity index (χ2v) is 3.01. The van der Waals surface area contributed by atoms with E-state index in [0.29, 0.717) is 11.7 Å². The van der Waals surface area contributed by atoms with Crippen LogP contribution >= 0.6 is 23.4 Å². The Bertz CT molecular complexity index is 254. The molecule has 0 atom stereocenters. The van der Waals surface area contributed by atoms with Gasteiger partial charge in [-0.15, -0.1) is 11.8 Å². The Kier molecular flexibility index (Phi) is 3.11. The Labute approximate surface area is 74.4 Å². The zero-order valence-corrected chi connectivity index (χ0v) is 7.61. The second kappa shape index (κ2) is 3.90. The molecule has 0 saturated heterocycles. The van der Waals surface area contributed by atoms with Gasteiger partial charge in [-0.25, -0.2) is 9.97 Å². The Morgan fingerprint density at radius 2 is 2.36 bits per heavy atom. The van der Waals surface area contributed by atoms with E-state index in [2.05, 4.69) is 9.97 Å². The molecule has 0 spiro atoms. The summed E-state index contributed by atoms with van der Waals surface area (Å²) in [4.78, 5) is 7.84. The number of thioether (sulfide) groups is 1. The largest absolute Gasteiger partial charge is 0.326 e. The quantitative estimate of drug-likeness (QED) is 0.563. The topological polar surface area (TPSA) is 51.8 Å². The highest BCUT2D eigenvalue weighted by molar-refractivity contribution is 7.98. The molecule has 2 N–H and O–H groups in total. The molecule has 1 aromatic rings. The molecule has 1 rings (SSSR count). The van der Waals surface area contributed by atoms with Crippen molar-refractivity contribution in [2.24, 2.45) is 5.73 Å². The molecule has 3 nitrogen and oxygen atoms in total. The maximum Gasteiger partial charge on any atom is 0.138 e. The number of halogens is 1. The summed E-state index contributed by atoms with van der Waals surface area (Å²) in [6.45, 7) is 0.385. The molecule has 0 saturated carbocycles. The van der Waals surface area contributed by atoms with Gasteiger partial charge in [0.05, 0.1) is 0 Å². The predicted molar refractivity (Wildman–Crippen MR) is 46.7 cm³/mol. The summed E-state index contributed by atoms with van der Waals surface area (Å²) in [6, 6.07) is 0. The van der Waals surface area contributed by atoms with Crippen molar-refractivity contribution in [1.82, 2.24) is 9.97 Å². The summed E-state index contributed by atoms with van der Waals surface area (Å²) >= 11 is 7.28. The number of nitrogens with zero attached hydrogens (tertiary/aromatic N) is 2. The predicted octanol–water partition coefficient (Wildman–Crippen LogP) is 1.31. The van der Waals surface area contributed by atoms with Crippen LogP contribution in [0.3, 0.4) is 0 Å². The van der Waals surface area contributed by atoms with Crippen LogP contribution in [0, 0.1) is 0 Å². The van der Waals surface area contributed by atoms with Crippen molar-refractivity contribution in [2.45, 2.75) is 11.6 Å². The lowest BCUT2D eigenvalue weighted by Gasteiger charge is -2.03. The van der Waals surface area contributed by atoms with Crippen LogP contribution in [0.15, 0.2) is 11.4 Å². The van der Waals surface area contributed by atoms with Crippen molar-refractivity contribution in [2.75, 3.05) is 6.26 Å². The van der Waals surface area contributed by atoms with Gasteiger partial charge in [0.1, 0.15) is 16.5 Å². The SMILES string of the molecule is CSc1ncnc(Cl)c1CN. The van der Waals surface area contributed by atoms with Crippen molar-refractivity contribution < 1.29 is 0 Å². The number of aromatic nitrogens is 2. The molecule has 0 fully saturated rings. The Morgan fingerprint density at radius 1 is 1.64 bits per heavy atom. The zero-order valence-electron chi connectivity index (χ0n) is 6.04. The van der Waals surface area contributed by atoms with Crippen LogP contribution in [0.5, 0.6) is 0 Å². The van der Waals surface area contributed by atoms with Gasteiger partial charge in [-0.1, -0.05) is 11.6 Å². The Hall–Kier alpha value is -0.320. The lowest BCUT2D eigenvalue weighted by molar-refractivity contribution is 0.924. The van der Waals surface area contributed by atoms with E-state index in [9.17, 15) is 0 Å². The summed E-state index contributed by atoms with van der Waals surface area (Å²) in [5.41, 5.74) is 6.27. The molecule has 1 aromatic heterocycles. The summed E-state index contributed by atoms with van der Waals surface area (Å²) in [5.74, 6) is 0. The van der Waals surface area contributed by atoms with Crippen LogP contribution in [0.25, 0.3) is 0 Å². The fourth-order valence-electron chi connectivity index (χ4n) is 0.724. The highest BCUT2D eigenvalue weighted by Crippen LogP contribution is 2.21. The summed E-state index contributed by atoms with van der Waals surface area (Å²) < 4.78 is 0. The molecule has 0 aliphatic heterocycles. The van der Waals surface area contributed by atoms with Gasteiger partial charge >= 0.3 is 0 Å². The molecule has 1 heterocycles.